The van der Waals surface area contributed by atoms with E-state index in [9.17, 15) is 9.90 Å². The van der Waals surface area contributed by atoms with Crippen molar-refractivity contribution in [1.82, 2.24) is 14.9 Å². The predicted molar refractivity (Wildman–Crippen MR) is 85.6 cm³/mol. The molecule has 0 radical (unpaired) electrons. The zero-order valence-electron chi connectivity index (χ0n) is 12.5. The first kappa shape index (κ1) is 16.5. The number of nitrogens with zero attached hydrogens (tertiary/aromatic N) is 2. The lowest BCUT2D eigenvalue weighted by Gasteiger charge is -2.13. The highest BCUT2D eigenvalue weighted by molar-refractivity contribution is 6.31. The molecule has 5 nitrogen and oxygen atoms in total. The van der Waals surface area contributed by atoms with Gasteiger partial charge in [-0.25, -0.2) is 4.98 Å². The summed E-state index contributed by atoms with van der Waals surface area (Å²) in [5.74, 6) is 0.860. The number of hydrogen-bond acceptors (Lipinski definition) is 3. The molecule has 1 atom stereocenters. The molecule has 0 aliphatic rings. The third-order valence-corrected chi connectivity index (χ3v) is 3.83. The number of amides is 1. The van der Waals surface area contributed by atoms with E-state index in [0.717, 1.165) is 18.8 Å². The fourth-order valence-corrected chi connectivity index (χ4v) is 2.47. The third-order valence-electron chi connectivity index (χ3n) is 3.48. The summed E-state index contributed by atoms with van der Waals surface area (Å²) < 4.78 is 2.01. The Kier molecular flexibility index (Phi) is 5.98. The van der Waals surface area contributed by atoms with Gasteiger partial charge in [0.25, 0.3) is 0 Å². The van der Waals surface area contributed by atoms with E-state index in [2.05, 4.69) is 10.3 Å². The fraction of sp³-hybridized carbons (Fsp3) is 0.375. The van der Waals surface area contributed by atoms with E-state index in [1.807, 2.05) is 17.7 Å². The summed E-state index contributed by atoms with van der Waals surface area (Å²) >= 11 is 6.01. The van der Waals surface area contributed by atoms with Gasteiger partial charge in [-0.15, -0.1) is 0 Å². The zero-order valence-corrected chi connectivity index (χ0v) is 13.3. The van der Waals surface area contributed by atoms with Gasteiger partial charge in [-0.1, -0.05) is 29.8 Å². The summed E-state index contributed by atoms with van der Waals surface area (Å²) in [6.45, 7) is 2.85. The molecule has 2 rings (SSSR count). The Hall–Kier alpha value is -1.85. The number of nitrogens with one attached hydrogen (secondary N) is 1. The average molecular weight is 322 g/mol. The van der Waals surface area contributed by atoms with E-state index in [0.29, 0.717) is 17.0 Å². The number of carbonyl (C=O) groups is 1. The van der Waals surface area contributed by atoms with Crippen molar-refractivity contribution >= 4 is 17.5 Å². The number of aryl methyl sites for hydroxylation is 2. The second kappa shape index (κ2) is 7.96. The maximum atomic E-state index is 11.8. The largest absolute Gasteiger partial charge is 0.387 e. The average Bonchev–Trinajstić information content (AvgIpc) is 2.91. The van der Waals surface area contributed by atoms with Gasteiger partial charge in [0.15, 0.2) is 0 Å². The molecular formula is C16H20ClN3O2. The minimum absolute atomic E-state index is 0.0797. The van der Waals surface area contributed by atoms with Crippen LogP contribution in [-0.4, -0.2) is 27.1 Å². The monoisotopic (exact) mass is 321 g/mol. The van der Waals surface area contributed by atoms with Crippen LogP contribution in [0.2, 0.25) is 5.02 Å². The van der Waals surface area contributed by atoms with Gasteiger partial charge >= 0.3 is 0 Å². The van der Waals surface area contributed by atoms with Crippen LogP contribution in [0.3, 0.4) is 0 Å². The number of carbonyl (C=O) groups excluding carboxylic acids is 1. The van der Waals surface area contributed by atoms with E-state index < -0.39 is 6.10 Å². The number of benzene rings is 1. The quantitative estimate of drug-likeness (QED) is 0.823. The van der Waals surface area contributed by atoms with E-state index >= 15 is 0 Å². The Balaban J connectivity index is 1.71. The van der Waals surface area contributed by atoms with E-state index in [1.54, 1.807) is 30.5 Å². The molecule has 0 aliphatic heterocycles. The maximum Gasteiger partial charge on any atom is 0.220 e. The molecule has 118 valence electrons. The molecular weight excluding hydrogens is 302 g/mol. The Morgan fingerprint density at radius 1 is 1.45 bits per heavy atom. The molecule has 0 aliphatic carbocycles. The highest BCUT2D eigenvalue weighted by Crippen LogP contribution is 2.21. The zero-order chi connectivity index (χ0) is 15.9. The number of hydrogen-bond donors (Lipinski definition) is 2. The van der Waals surface area contributed by atoms with Crippen molar-refractivity contribution in [1.29, 1.82) is 0 Å². The molecule has 1 heterocycles. The van der Waals surface area contributed by atoms with Gasteiger partial charge in [0.05, 0.1) is 6.10 Å². The normalized spacial score (nSPS) is 12.1. The van der Waals surface area contributed by atoms with Crippen LogP contribution >= 0.6 is 11.6 Å². The van der Waals surface area contributed by atoms with Crippen LogP contribution in [0.5, 0.6) is 0 Å². The number of rotatable bonds is 7. The minimum Gasteiger partial charge on any atom is -0.387 e. The Labute approximate surface area is 134 Å². The molecule has 1 unspecified atom stereocenters. The van der Waals surface area contributed by atoms with Crippen LogP contribution in [-0.2, 0) is 11.3 Å². The third kappa shape index (κ3) is 4.58. The first-order chi connectivity index (χ1) is 10.6. The van der Waals surface area contributed by atoms with Gasteiger partial charge in [0.2, 0.25) is 5.91 Å². The van der Waals surface area contributed by atoms with Gasteiger partial charge in [-0.3, -0.25) is 4.79 Å². The van der Waals surface area contributed by atoms with Crippen molar-refractivity contribution in [3.63, 3.8) is 0 Å². The van der Waals surface area contributed by atoms with Crippen molar-refractivity contribution in [3.8, 4) is 0 Å². The van der Waals surface area contributed by atoms with Crippen LogP contribution in [0.15, 0.2) is 36.7 Å². The van der Waals surface area contributed by atoms with Crippen molar-refractivity contribution in [3.05, 3.63) is 53.1 Å². The second-order valence-electron chi connectivity index (χ2n) is 5.11. The molecule has 0 fully saturated rings. The summed E-state index contributed by atoms with van der Waals surface area (Å²) in [6.07, 6.45) is 3.98. The van der Waals surface area contributed by atoms with Crippen LogP contribution in [0.1, 0.15) is 30.3 Å². The standard InChI is InChI=1S/C16H20ClN3O2/c1-12-18-8-10-20(12)9-4-7-16(22)19-11-15(21)13-5-2-3-6-14(13)17/h2-3,5-6,8,10,15,21H,4,7,9,11H2,1H3,(H,19,22). The number of aliphatic hydroxyl groups is 1. The van der Waals surface area contributed by atoms with Gasteiger partial charge in [-0.2, -0.15) is 0 Å². The van der Waals surface area contributed by atoms with E-state index in [4.69, 9.17) is 11.6 Å². The van der Waals surface area contributed by atoms with E-state index in [-0.39, 0.29) is 12.5 Å². The Morgan fingerprint density at radius 3 is 2.91 bits per heavy atom. The highest BCUT2D eigenvalue weighted by atomic mass is 35.5. The highest BCUT2D eigenvalue weighted by Gasteiger charge is 2.12. The van der Waals surface area contributed by atoms with Gasteiger partial charge in [0.1, 0.15) is 5.82 Å². The summed E-state index contributed by atoms with van der Waals surface area (Å²) in [7, 11) is 0. The molecule has 0 saturated heterocycles. The molecule has 1 amide bonds. The molecule has 2 aromatic rings. The summed E-state index contributed by atoms with van der Waals surface area (Å²) in [5.41, 5.74) is 0.624. The Morgan fingerprint density at radius 2 is 2.23 bits per heavy atom. The summed E-state index contributed by atoms with van der Waals surface area (Å²) in [6, 6.07) is 7.07. The Bertz CT molecular complexity index is 627. The number of halogens is 1. The summed E-state index contributed by atoms with van der Waals surface area (Å²) in [5, 5.41) is 13.3. The van der Waals surface area contributed by atoms with Crippen molar-refractivity contribution in [2.75, 3.05) is 6.54 Å². The van der Waals surface area contributed by atoms with Gasteiger partial charge in [0, 0.05) is 42.5 Å². The molecule has 6 heteroatoms. The second-order valence-corrected chi connectivity index (χ2v) is 5.52. The fourth-order valence-electron chi connectivity index (χ4n) is 2.20. The molecule has 22 heavy (non-hydrogen) atoms. The molecule has 0 saturated carbocycles. The number of aliphatic hydroxyl groups excluding tert-OH is 1. The lowest BCUT2D eigenvalue weighted by atomic mass is 10.1. The minimum atomic E-state index is -0.798. The van der Waals surface area contributed by atoms with Crippen LogP contribution in [0, 0.1) is 6.92 Å². The topological polar surface area (TPSA) is 67.2 Å². The lowest BCUT2D eigenvalue weighted by molar-refractivity contribution is -0.121. The van der Waals surface area contributed by atoms with Crippen LogP contribution in [0.25, 0.3) is 0 Å². The van der Waals surface area contributed by atoms with Crippen molar-refractivity contribution in [2.45, 2.75) is 32.4 Å². The van der Waals surface area contributed by atoms with E-state index in [1.165, 1.54) is 0 Å². The first-order valence-electron chi connectivity index (χ1n) is 7.25. The van der Waals surface area contributed by atoms with Crippen molar-refractivity contribution < 1.29 is 9.90 Å². The molecule has 2 N–H and O–H groups in total. The molecule has 0 bridgehead atoms. The SMILES string of the molecule is Cc1nccn1CCCC(=O)NCC(O)c1ccccc1Cl. The smallest absolute Gasteiger partial charge is 0.220 e. The maximum absolute atomic E-state index is 11.8. The molecule has 1 aromatic heterocycles. The predicted octanol–water partition coefficient (Wildman–Crippen LogP) is 2.47. The number of imidazole rings is 1. The van der Waals surface area contributed by atoms with Crippen molar-refractivity contribution in [2.24, 2.45) is 0 Å². The van der Waals surface area contributed by atoms with Gasteiger partial charge in [-0.05, 0) is 19.4 Å². The number of aromatic nitrogens is 2. The lowest BCUT2D eigenvalue weighted by Crippen LogP contribution is -2.28. The molecule has 0 spiro atoms. The first-order valence-corrected chi connectivity index (χ1v) is 7.62. The molecule has 1 aromatic carbocycles. The van der Waals surface area contributed by atoms with Gasteiger partial charge < -0.3 is 15.0 Å². The summed E-state index contributed by atoms with van der Waals surface area (Å²) in [4.78, 5) is 15.9. The van der Waals surface area contributed by atoms with Crippen LogP contribution in [0.4, 0.5) is 0 Å². The van der Waals surface area contributed by atoms with Crippen LogP contribution < -0.4 is 5.32 Å².